The molecule has 3 nitrogen and oxygen atoms in total. The van der Waals surface area contributed by atoms with E-state index in [0.717, 1.165) is 44.0 Å². The van der Waals surface area contributed by atoms with Crippen molar-refractivity contribution >= 4 is 6.29 Å². The zero-order chi connectivity index (χ0) is 16.5. The van der Waals surface area contributed by atoms with Crippen LogP contribution in [-0.2, 0) is 4.79 Å². The van der Waals surface area contributed by atoms with Crippen LogP contribution in [0.2, 0.25) is 0 Å². The third kappa shape index (κ3) is 1.87. The van der Waals surface area contributed by atoms with Crippen molar-refractivity contribution in [3.8, 4) is 0 Å². The Morgan fingerprint density at radius 1 is 1.26 bits per heavy atom. The number of aliphatic hydroxyl groups is 2. The van der Waals surface area contributed by atoms with Gasteiger partial charge in [0.15, 0.2) is 0 Å². The lowest BCUT2D eigenvalue weighted by Gasteiger charge is -2.65. The molecule has 2 bridgehead atoms. The summed E-state index contributed by atoms with van der Waals surface area (Å²) in [4.78, 5) is 11.5. The summed E-state index contributed by atoms with van der Waals surface area (Å²) in [6, 6.07) is 0. The van der Waals surface area contributed by atoms with Gasteiger partial charge in [-0.25, -0.2) is 0 Å². The molecule has 23 heavy (non-hydrogen) atoms. The maximum atomic E-state index is 11.5. The Bertz CT molecular complexity index is 555. The van der Waals surface area contributed by atoms with Crippen molar-refractivity contribution < 1.29 is 15.0 Å². The minimum Gasteiger partial charge on any atom is -0.396 e. The first-order chi connectivity index (χ1) is 10.9. The molecule has 4 aliphatic carbocycles. The van der Waals surface area contributed by atoms with Gasteiger partial charge < -0.3 is 10.2 Å². The SMILES string of the molecule is C[C@]1(CO)CCC[C@]2(C)[C@H]1C[C@H](O)[C@]13C=C(C=O)[C@H](CC[C@@H]21)C3. The third-order valence-corrected chi connectivity index (χ3v) is 8.43. The molecule has 0 aromatic rings. The number of hydrogen-bond acceptors (Lipinski definition) is 3. The van der Waals surface area contributed by atoms with E-state index in [9.17, 15) is 15.0 Å². The summed E-state index contributed by atoms with van der Waals surface area (Å²) in [6.07, 6.45) is 10.2. The standard InChI is InChI=1S/C20H30O3/c1-18(12-22)6-3-7-19(2)15-5-4-13-9-20(15,10-14(13)11-21)17(23)8-16(18)19/h10-11,13,15-17,22-23H,3-9,12H2,1-2H3/t13-,15+,16+,17+,18-,19+,20-/m1/s1. The first kappa shape index (κ1) is 15.8. The van der Waals surface area contributed by atoms with Gasteiger partial charge in [0, 0.05) is 12.0 Å². The van der Waals surface area contributed by atoms with Crippen LogP contribution in [0.15, 0.2) is 11.6 Å². The molecule has 0 aromatic carbocycles. The molecule has 0 unspecified atom stereocenters. The normalized spacial score (nSPS) is 54.9. The van der Waals surface area contributed by atoms with Crippen molar-refractivity contribution in [1.82, 2.24) is 0 Å². The van der Waals surface area contributed by atoms with E-state index in [2.05, 4.69) is 19.9 Å². The molecule has 3 heteroatoms. The van der Waals surface area contributed by atoms with Gasteiger partial charge in [-0.3, -0.25) is 4.79 Å². The third-order valence-electron chi connectivity index (χ3n) is 8.43. The Morgan fingerprint density at radius 2 is 2.04 bits per heavy atom. The molecule has 2 N–H and O–H groups in total. The van der Waals surface area contributed by atoms with Crippen molar-refractivity contribution in [2.45, 2.75) is 64.9 Å². The van der Waals surface area contributed by atoms with Gasteiger partial charge in [-0.05, 0) is 72.7 Å². The number of aliphatic hydroxyl groups excluding tert-OH is 2. The molecule has 0 aromatic heterocycles. The molecule has 4 aliphatic rings. The van der Waals surface area contributed by atoms with Crippen molar-refractivity contribution in [3.63, 3.8) is 0 Å². The van der Waals surface area contributed by atoms with Crippen LogP contribution in [0.4, 0.5) is 0 Å². The lowest BCUT2D eigenvalue weighted by Crippen LogP contribution is -2.61. The second-order valence-electron chi connectivity index (χ2n) is 9.38. The maximum Gasteiger partial charge on any atom is 0.146 e. The summed E-state index contributed by atoms with van der Waals surface area (Å²) >= 11 is 0. The highest BCUT2D eigenvalue weighted by Gasteiger charge is 2.65. The van der Waals surface area contributed by atoms with Crippen molar-refractivity contribution in [2.75, 3.05) is 6.61 Å². The van der Waals surface area contributed by atoms with E-state index >= 15 is 0 Å². The molecule has 3 fully saturated rings. The van der Waals surface area contributed by atoms with Gasteiger partial charge in [-0.1, -0.05) is 26.3 Å². The molecule has 4 rings (SSSR count). The topological polar surface area (TPSA) is 57.5 Å². The summed E-state index contributed by atoms with van der Waals surface area (Å²) in [6.45, 7) is 4.85. The van der Waals surface area contributed by atoms with Gasteiger partial charge in [0.2, 0.25) is 0 Å². The van der Waals surface area contributed by atoms with Crippen LogP contribution in [0, 0.1) is 34.0 Å². The van der Waals surface area contributed by atoms with Crippen LogP contribution < -0.4 is 0 Å². The zero-order valence-electron chi connectivity index (χ0n) is 14.4. The second-order valence-corrected chi connectivity index (χ2v) is 9.38. The maximum absolute atomic E-state index is 11.5. The predicted molar refractivity (Wildman–Crippen MR) is 88.7 cm³/mol. The van der Waals surface area contributed by atoms with E-state index in [-0.39, 0.29) is 29.0 Å². The van der Waals surface area contributed by atoms with Crippen molar-refractivity contribution in [3.05, 3.63) is 11.6 Å². The van der Waals surface area contributed by atoms with Crippen LogP contribution in [0.1, 0.15) is 58.8 Å². The van der Waals surface area contributed by atoms with Gasteiger partial charge in [0.05, 0.1) is 6.10 Å². The average Bonchev–Trinajstić information content (AvgIpc) is 2.82. The molecule has 128 valence electrons. The summed E-state index contributed by atoms with van der Waals surface area (Å²) < 4.78 is 0. The van der Waals surface area contributed by atoms with E-state index in [0.29, 0.717) is 17.8 Å². The molecule has 0 saturated heterocycles. The fourth-order valence-electron chi connectivity index (χ4n) is 7.34. The van der Waals surface area contributed by atoms with E-state index in [1.165, 1.54) is 12.8 Å². The van der Waals surface area contributed by atoms with E-state index in [4.69, 9.17) is 0 Å². The highest BCUT2D eigenvalue weighted by atomic mass is 16.3. The number of aldehydes is 1. The molecule has 0 aliphatic heterocycles. The fraction of sp³-hybridized carbons (Fsp3) is 0.850. The van der Waals surface area contributed by atoms with E-state index < -0.39 is 0 Å². The number of hydrogen-bond donors (Lipinski definition) is 2. The molecule has 7 atom stereocenters. The smallest absolute Gasteiger partial charge is 0.146 e. The second kappa shape index (κ2) is 4.92. The zero-order valence-corrected chi connectivity index (χ0v) is 14.4. The van der Waals surface area contributed by atoms with Crippen LogP contribution in [0.5, 0.6) is 0 Å². The Hall–Kier alpha value is -0.670. The largest absolute Gasteiger partial charge is 0.396 e. The fourth-order valence-corrected chi connectivity index (χ4v) is 7.34. The van der Waals surface area contributed by atoms with Gasteiger partial charge in [0.1, 0.15) is 6.29 Å². The van der Waals surface area contributed by atoms with Crippen LogP contribution in [0.3, 0.4) is 0 Å². The summed E-state index contributed by atoms with van der Waals surface area (Å²) in [5.74, 6) is 1.19. The molecule has 0 radical (unpaired) electrons. The number of fused-ring (bicyclic) bond motifs is 3. The van der Waals surface area contributed by atoms with E-state index in [1.807, 2.05) is 0 Å². The molecule has 0 heterocycles. The van der Waals surface area contributed by atoms with Gasteiger partial charge in [0.25, 0.3) is 0 Å². The Labute approximate surface area is 139 Å². The van der Waals surface area contributed by atoms with E-state index in [1.54, 1.807) is 0 Å². The minimum atomic E-state index is -0.366. The van der Waals surface area contributed by atoms with Crippen LogP contribution in [0.25, 0.3) is 0 Å². The minimum absolute atomic E-state index is 0.0672. The highest BCUT2D eigenvalue weighted by molar-refractivity contribution is 5.75. The summed E-state index contributed by atoms with van der Waals surface area (Å²) in [7, 11) is 0. The van der Waals surface area contributed by atoms with Gasteiger partial charge in [-0.2, -0.15) is 0 Å². The Morgan fingerprint density at radius 3 is 2.74 bits per heavy atom. The van der Waals surface area contributed by atoms with Crippen molar-refractivity contribution in [1.29, 1.82) is 0 Å². The first-order valence-corrected chi connectivity index (χ1v) is 9.36. The molecular formula is C20H30O3. The summed E-state index contributed by atoms with van der Waals surface area (Å²) in [5.41, 5.74) is 0.865. The Kier molecular flexibility index (Phi) is 3.39. The number of allylic oxidation sites excluding steroid dienone is 1. The van der Waals surface area contributed by atoms with Crippen molar-refractivity contribution in [2.24, 2.45) is 34.0 Å². The number of carbonyl (C=O) groups is 1. The van der Waals surface area contributed by atoms with Crippen LogP contribution in [-0.4, -0.2) is 29.2 Å². The lowest BCUT2D eigenvalue weighted by molar-refractivity contribution is -0.193. The molecular weight excluding hydrogens is 288 g/mol. The molecule has 1 spiro atoms. The molecule has 0 amide bonds. The summed E-state index contributed by atoms with van der Waals surface area (Å²) in [5, 5.41) is 21.2. The monoisotopic (exact) mass is 318 g/mol. The van der Waals surface area contributed by atoms with Crippen LogP contribution >= 0.6 is 0 Å². The highest BCUT2D eigenvalue weighted by Crippen LogP contribution is 2.70. The Balaban J connectivity index is 1.80. The lowest BCUT2D eigenvalue weighted by atomic mass is 9.40. The predicted octanol–water partition coefficient (Wildman–Crippen LogP) is 3.10. The quantitative estimate of drug-likeness (QED) is 0.769. The number of rotatable bonds is 2. The average molecular weight is 318 g/mol. The number of carbonyl (C=O) groups excluding carboxylic acids is 1. The molecule has 3 saturated carbocycles. The van der Waals surface area contributed by atoms with Gasteiger partial charge >= 0.3 is 0 Å². The first-order valence-electron chi connectivity index (χ1n) is 9.36. The van der Waals surface area contributed by atoms with Gasteiger partial charge in [-0.15, -0.1) is 0 Å².